The summed E-state index contributed by atoms with van der Waals surface area (Å²) in [5, 5.41) is 8.85. The van der Waals surface area contributed by atoms with Crippen LogP contribution in [0.15, 0.2) is 22.7 Å². The normalized spacial score (nSPS) is 11.6. The van der Waals surface area contributed by atoms with E-state index in [0.717, 1.165) is 0 Å². The quantitative estimate of drug-likeness (QED) is 0.866. The van der Waals surface area contributed by atoms with Gasteiger partial charge in [0, 0.05) is 4.47 Å². The van der Waals surface area contributed by atoms with Gasteiger partial charge >= 0.3 is 5.97 Å². The maximum atomic E-state index is 11.8. The van der Waals surface area contributed by atoms with Crippen molar-refractivity contribution in [3.05, 3.63) is 28.2 Å². The van der Waals surface area contributed by atoms with Crippen LogP contribution < -0.4 is 4.72 Å². The van der Waals surface area contributed by atoms with Crippen molar-refractivity contribution in [2.45, 2.75) is 13.8 Å². The van der Waals surface area contributed by atoms with Crippen LogP contribution in [0.4, 0.5) is 5.69 Å². The summed E-state index contributed by atoms with van der Waals surface area (Å²) in [4.78, 5) is 10.8. The van der Waals surface area contributed by atoms with E-state index in [1.165, 1.54) is 18.2 Å². The zero-order valence-corrected chi connectivity index (χ0v) is 12.4. The van der Waals surface area contributed by atoms with Crippen LogP contribution >= 0.6 is 15.9 Å². The number of carboxylic acid groups (broad SMARTS) is 1. The summed E-state index contributed by atoms with van der Waals surface area (Å²) in [6.45, 7) is 3.59. The van der Waals surface area contributed by atoms with Gasteiger partial charge in [-0.15, -0.1) is 0 Å². The Hall–Kier alpha value is -1.08. The van der Waals surface area contributed by atoms with E-state index in [0.29, 0.717) is 4.47 Å². The van der Waals surface area contributed by atoms with E-state index in [2.05, 4.69) is 20.7 Å². The number of hydrogen-bond donors (Lipinski definition) is 2. The topological polar surface area (TPSA) is 83.5 Å². The molecule has 0 saturated carbocycles. The molecule has 1 rings (SSSR count). The van der Waals surface area contributed by atoms with Gasteiger partial charge in [-0.25, -0.2) is 13.2 Å². The smallest absolute Gasteiger partial charge is 0.335 e. The number of benzene rings is 1. The molecule has 0 heterocycles. The lowest BCUT2D eigenvalue weighted by Crippen LogP contribution is -2.20. The Bertz CT molecular complexity index is 554. The number of hydrogen-bond acceptors (Lipinski definition) is 3. The van der Waals surface area contributed by atoms with Crippen LogP contribution in [0.2, 0.25) is 0 Å². The van der Waals surface area contributed by atoms with E-state index >= 15 is 0 Å². The Kier molecular flexibility index (Phi) is 4.75. The number of nitrogens with one attached hydrogen (secondary N) is 1. The molecule has 0 amide bonds. The van der Waals surface area contributed by atoms with E-state index in [1.807, 2.05) is 0 Å². The van der Waals surface area contributed by atoms with E-state index in [4.69, 9.17) is 5.11 Å². The minimum atomic E-state index is -3.47. The summed E-state index contributed by atoms with van der Waals surface area (Å²) in [6, 6.07) is 4.17. The molecule has 100 valence electrons. The fraction of sp³-hybridized carbons (Fsp3) is 0.364. The molecule has 0 aliphatic carbocycles. The van der Waals surface area contributed by atoms with Crippen LogP contribution in [-0.4, -0.2) is 25.2 Å². The highest BCUT2D eigenvalue weighted by atomic mass is 79.9. The lowest BCUT2D eigenvalue weighted by Gasteiger charge is -2.11. The fourth-order valence-corrected chi connectivity index (χ4v) is 3.33. The molecular formula is C11H14BrNO4S. The third kappa shape index (κ3) is 4.30. The third-order valence-electron chi connectivity index (χ3n) is 2.03. The molecule has 0 aliphatic rings. The molecule has 1 aromatic carbocycles. The first kappa shape index (κ1) is 15.0. The number of sulfonamides is 1. The van der Waals surface area contributed by atoms with Gasteiger partial charge in [-0.3, -0.25) is 4.72 Å². The van der Waals surface area contributed by atoms with Crippen molar-refractivity contribution in [2.24, 2.45) is 5.92 Å². The van der Waals surface area contributed by atoms with E-state index < -0.39 is 16.0 Å². The molecule has 5 nitrogen and oxygen atoms in total. The first-order valence-electron chi connectivity index (χ1n) is 5.24. The molecule has 2 N–H and O–H groups in total. The van der Waals surface area contributed by atoms with E-state index in [9.17, 15) is 13.2 Å². The van der Waals surface area contributed by atoms with Crippen LogP contribution in [0.1, 0.15) is 24.2 Å². The van der Waals surface area contributed by atoms with Crippen molar-refractivity contribution >= 4 is 37.6 Å². The summed E-state index contributed by atoms with van der Waals surface area (Å²) in [6.07, 6.45) is 0. The number of aromatic carboxylic acids is 1. The maximum absolute atomic E-state index is 11.8. The molecule has 0 aliphatic heterocycles. The molecule has 0 saturated heterocycles. The van der Waals surface area contributed by atoms with Crippen LogP contribution in [-0.2, 0) is 10.0 Å². The van der Waals surface area contributed by atoms with Gasteiger partial charge in [0.1, 0.15) is 0 Å². The zero-order valence-electron chi connectivity index (χ0n) is 9.97. The standard InChI is InChI=1S/C11H14BrNO4S/c1-7(2)6-18(16,17)13-10-5-8(11(14)15)3-4-9(10)12/h3-5,7,13H,6H2,1-2H3,(H,14,15). The molecule has 1 aromatic rings. The Morgan fingerprint density at radius 2 is 2.06 bits per heavy atom. The molecule has 18 heavy (non-hydrogen) atoms. The Morgan fingerprint density at radius 3 is 2.56 bits per heavy atom. The first-order valence-corrected chi connectivity index (χ1v) is 7.69. The van der Waals surface area contributed by atoms with E-state index in [1.54, 1.807) is 13.8 Å². The van der Waals surface area contributed by atoms with Gasteiger partial charge in [-0.1, -0.05) is 13.8 Å². The average molecular weight is 336 g/mol. The highest BCUT2D eigenvalue weighted by Crippen LogP contribution is 2.25. The van der Waals surface area contributed by atoms with E-state index in [-0.39, 0.29) is 22.9 Å². The first-order chi connectivity index (χ1) is 8.21. The predicted octanol–water partition coefficient (Wildman–Crippen LogP) is 2.55. The second-order valence-corrected chi connectivity index (χ2v) is 6.90. The van der Waals surface area contributed by atoms with Crippen molar-refractivity contribution in [1.82, 2.24) is 0 Å². The fourth-order valence-electron chi connectivity index (χ4n) is 1.38. The van der Waals surface area contributed by atoms with Crippen LogP contribution in [0.25, 0.3) is 0 Å². The number of rotatable bonds is 5. The molecule has 0 radical (unpaired) electrons. The highest BCUT2D eigenvalue weighted by molar-refractivity contribution is 9.10. The van der Waals surface area contributed by atoms with Gasteiger partial charge in [0.15, 0.2) is 0 Å². The Labute approximate surface area is 114 Å². The van der Waals surface area contributed by atoms with Gasteiger partial charge in [-0.2, -0.15) is 0 Å². The SMILES string of the molecule is CC(C)CS(=O)(=O)Nc1cc(C(=O)O)ccc1Br. The van der Waals surface area contributed by atoms with Crippen LogP contribution in [0.5, 0.6) is 0 Å². The molecule has 0 spiro atoms. The molecular weight excluding hydrogens is 322 g/mol. The highest BCUT2D eigenvalue weighted by Gasteiger charge is 2.15. The molecule has 7 heteroatoms. The van der Waals surface area contributed by atoms with Crippen LogP contribution in [0.3, 0.4) is 0 Å². The van der Waals surface area contributed by atoms with Crippen molar-refractivity contribution in [2.75, 3.05) is 10.5 Å². The van der Waals surface area contributed by atoms with Crippen molar-refractivity contribution in [3.8, 4) is 0 Å². The minimum absolute atomic E-state index is 0.0102. The monoisotopic (exact) mass is 335 g/mol. The molecule has 0 aromatic heterocycles. The predicted molar refractivity (Wildman–Crippen MR) is 73.3 cm³/mol. The molecule has 0 unspecified atom stereocenters. The van der Waals surface area contributed by atoms with Gasteiger partial charge in [0.25, 0.3) is 0 Å². The number of carbonyl (C=O) groups is 1. The lowest BCUT2D eigenvalue weighted by atomic mass is 10.2. The zero-order chi connectivity index (χ0) is 13.9. The Morgan fingerprint density at radius 1 is 1.44 bits per heavy atom. The maximum Gasteiger partial charge on any atom is 0.335 e. The van der Waals surface area contributed by atoms with Gasteiger partial charge in [0.05, 0.1) is 17.0 Å². The molecule has 0 bridgehead atoms. The number of anilines is 1. The minimum Gasteiger partial charge on any atom is -0.478 e. The van der Waals surface area contributed by atoms with Crippen molar-refractivity contribution < 1.29 is 18.3 Å². The summed E-state index contributed by atoms with van der Waals surface area (Å²) in [7, 11) is -3.47. The lowest BCUT2D eigenvalue weighted by molar-refractivity contribution is 0.0697. The summed E-state index contributed by atoms with van der Waals surface area (Å²) in [5.74, 6) is -1.13. The number of carboxylic acids is 1. The van der Waals surface area contributed by atoms with Gasteiger partial charge in [-0.05, 0) is 40.0 Å². The third-order valence-corrected chi connectivity index (χ3v) is 4.36. The summed E-state index contributed by atoms with van der Waals surface area (Å²) >= 11 is 3.18. The van der Waals surface area contributed by atoms with Gasteiger partial charge < -0.3 is 5.11 Å². The van der Waals surface area contributed by atoms with Crippen molar-refractivity contribution in [3.63, 3.8) is 0 Å². The average Bonchev–Trinajstić information content (AvgIpc) is 2.18. The second-order valence-electron chi connectivity index (χ2n) is 4.28. The summed E-state index contributed by atoms with van der Waals surface area (Å²) < 4.78 is 26.4. The van der Waals surface area contributed by atoms with Crippen molar-refractivity contribution in [1.29, 1.82) is 0 Å². The summed E-state index contributed by atoms with van der Waals surface area (Å²) in [5.41, 5.74) is 0.260. The largest absolute Gasteiger partial charge is 0.478 e. The molecule has 0 fully saturated rings. The number of halogens is 1. The second kappa shape index (κ2) is 5.71. The Balaban J connectivity index is 3.04. The van der Waals surface area contributed by atoms with Crippen LogP contribution in [0, 0.1) is 5.92 Å². The molecule has 0 atom stereocenters. The van der Waals surface area contributed by atoms with Gasteiger partial charge in [0.2, 0.25) is 10.0 Å².